The maximum Gasteiger partial charge on any atom is 0.0245 e. The van der Waals surface area contributed by atoms with Crippen LogP contribution in [-0.2, 0) is 9.71 Å². The molecule has 0 aromatic carbocycles. The largest absolute Gasteiger partial charge is 0.253 e. The van der Waals surface area contributed by atoms with Crippen molar-refractivity contribution in [2.45, 2.75) is 27.2 Å². The smallest absolute Gasteiger partial charge is 0.0245 e. The molecule has 1 fully saturated rings. The molecule has 1 saturated heterocycles. The summed E-state index contributed by atoms with van der Waals surface area (Å²) in [7, 11) is -1.98. The van der Waals surface area contributed by atoms with Gasteiger partial charge in [0.1, 0.15) is 0 Å². The van der Waals surface area contributed by atoms with E-state index in [4.69, 9.17) is 0 Å². The molecule has 84 valence electrons. The standard InChI is InChI=1S/C11H23NOS/c1-6-10-7-12(14(4,5)13)8-11(10)9(2)3/h9-11H,4,6-8H2,1-3,5H3. The maximum atomic E-state index is 11.8. The molecule has 0 spiro atoms. The highest BCUT2D eigenvalue weighted by Crippen LogP contribution is 2.32. The van der Waals surface area contributed by atoms with Gasteiger partial charge in [0, 0.05) is 29.1 Å². The van der Waals surface area contributed by atoms with Crippen molar-refractivity contribution in [2.24, 2.45) is 17.8 Å². The van der Waals surface area contributed by atoms with Gasteiger partial charge in [0.15, 0.2) is 0 Å². The Labute approximate surface area is 88.8 Å². The molecule has 1 rings (SSSR count). The molecular formula is C11H23NOS. The van der Waals surface area contributed by atoms with Crippen LogP contribution in [0.3, 0.4) is 0 Å². The first kappa shape index (κ1) is 12.1. The van der Waals surface area contributed by atoms with Gasteiger partial charge in [-0.15, -0.1) is 0 Å². The summed E-state index contributed by atoms with van der Waals surface area (Å²) in [6.07, 6.45) is 2.94. The third-order valence-corrected chi connectivity index (χ3v) is 4.78. The van der Waals surface area contributed by atoms with Crippen LogP contribution in [0.2, 0.25) is 0 Å². The van der Waals surface area contributed by atoms with Gasteiger partial charge >= 0.3 is 0 Å². The van der Waals surface area contributed by atoms with E-state index in [-0.39, 0.29) is 0 Å². The summed E-state index contributed by atoms with van der Waals surface area (Å²) in [5, 5.41) is 0. The number of hydrogen-bond acceptors (Lipinski definition) is 1. The molecule has 0 aromatic rings. The third kappa shape index (κ3) is 2.51. The van der Waals surface area contributed by atoms with Gasteiger partial charge < -0.3 is 0 Å². The van der Waals surface area contributed by atoms with Crippen LogP contribution in [0, 0.1) is 17.8 Å². The Morgan fingerprint density at radius 2 is 2.07 bits per heavy atom. The molecule has 0 bridgehead atoms. The van der Waals surface area contributed by atoms with E-state index in [1.165, 1.54) is 6.42 Å². The van der Waals surface area contributed by atoms with Crippen LogP contribution in [0.1, 0.15) is 27.2 Å². The fourth-order valence-corrected chi connectivity index (χ4v) is 3.35. The lowest BCUT2D eigenvalue weighted by atomic mass is 9.85. The Balaban J connectivity index is 2.75. The van der Waals surface area contributed by atoms with Gasteiger partial charge in [-0.1, -0.05) is 27.2 Å². The molecule has 0 saturated carbocycles. The molecule has 3 unspecified atom stereocenters. The summed E-state index contributed by atoms with van der Waals surface area (Å²) in [4.78, 5) is 0. The zero-order chi connectivity index (χ0) is 10.9. The van der Waals surface area contributed by atoms with E-state index >= 15 is 0 Å². The summed E-state index contributed by atoms with van der Waals surface area (Å²) in [5.74, 6) is 5.86. The normalized spacial score (nSPS) is 33.5. The minimum absolute atomic E-state index is 0.687. The van der Waals surface area contributed by atoms with Crippen LogP contribution in [-0.4, -0.2) is 33.7 Å². The van der Waals surface area contributed by atoms with Crippen molar-refractivity contribution < 1.29 is 4.21 Å². The molecule has 0 aliphatic carbocycles. The van der Waals surface area contributed by atoms with E-state index in [1.807, 2.05) is 0 Å². The molecule has 2 nitrogen and oxygen atoms in total. The quantitative estimate of drug-likeness (QED) is 0.661. The SMILES string of the molecule is C=S(C)(=O)N1CC(CC)C(C(C)C)C1. The minimum Gasteiger partial charge on any atom is -0.253 e. The Kier molecular flexibility index (Phi) is 3.64. The van der Waals surface area contributed by atoms with Crippen molar-refractivity contribution in [3.63, 3.8) is 0 Å². The van der Waals surface area contributed by atoms with Gasteiger partial charge in [0.05, 0.1) is 0 Å². The van der Waals surface area contributed by atoms with Crippen molar-refractivity contribution in [3.05, 3.63) is 0 Å². The predicted molar refractivity (Wildman–Crippen MR) is 64.9 cm³/mol. The van der Waals surface area contributed by atoms with E-state index in [9.17, 15) is 4.21 Å². The summed E-state index contributed by atoms with van der Waals surface area (Å²) in [6.45, 7) is 8.69. The topological polar surface area (TPSA) is 20.3 Å². The number of nitrogens with zero attached hydrogens (tertiary/aromatic N) is 1. The van der Waals surface area contributed by atoms with Crippen molar-refractivity contribution in [2.75, 3.05) is 19.3 Å². The summed E-state index contributed by atoms with van der Waals surface area (Å²) in [6, 6.07) is 0. The zero-order valence-corrected chi connectivity index (χ0v) is 10.6. The van der Waals surface area contributed by atoms with E-state index in [1.54, 1.807) is 6.26 Å². The highest BCUT2D eigenvalue weighted by atomic mass is 32.2. The van der Waals surface area contributed by atoms with Crippen molar-refractivity contribution >= 4 is 15.6 Å². The monoisotopic (exact) mass is 217 g/mol. The Hall–Kier alpha value is -0.0200. The summed E-state index contributed by atoms with van der Waals surface area (Å²) in [5.41, 5.74) is 0. The first-order valence-electron chi connectivity index (χ1n) is 5.43. The molecule has 14 heavy (non-hydrogen) atoms. The van der Waals surface area contributed by atoms with Gasteiger partial charge in [-0.2, -0.15) is 0 Å². The predicted octanol–water partition coefficient (Wildman–Crippen LogP) is 1.86. The fourth-order valence-electron chi connectivity index (χ4n) is 2.36. The molecule has 3 atom stereocenters. The zero-order valence-electron chi connectivity index (χ0n) is 9.82. The molecule has 0 amide bonds. The van der Waals surface area contributed by atoms with Crippen molar-refractivity contribution in [1.29, 1.82) is 0 Å². The molecule has 0 radical (unpaired) electrons. The Bertz CT molecular complexity index is 282. The minimum atomic E-state index is -1.98. The second-order valence-corrected chi connectivity index (χ2v) is 7.32. The molecule has 0 N–H and O–H groups in total. The van der Waals surface area contributed by atoms with Crippen LogP contribution >= 0.6 is 0 Å². The van der Waals surface area contributed by atoms with Gasteiger partial charge in [-0.05, 0) is 23.6 Å². The van der Waals surface area contributed by atoms with Crippen molar-refractivity contribution in [1.82, 2.24) is 4.31 Å². The lowest BCUT2D eigenvalue weighted by Gasteiger charge is -2.20. The van der Waals surface area contributed by atoms with Gasteiger partial charge in [0.25, 0.3) is 0 Å². The first-order chi connectivity index (χ1) is 6.36. The third-order valence-electron chi connectivity index (χ3n) is 3.38. The van der Waals surface area contributed by atoms with Crippen LogP contribution in [0.5, 0.6) is 0 Å². The number of hydrogen-bond donors (Lipinski definition) is 0. The van der Waals surface area contributed by atoms with E-state index in [2.05, 4.69) is 30.9 Å². The maximum absolute atomic E-state index is 11.8. The Morgan fingerprint density at radius 3 is 2.36 bits per heavy atom. The van der Waals surface area contributed by atoms with Crippen LogP contribution in [0.4, 0.5) is 0 Å². The van der Waals surface area contributed by atoms with Gasteiger partial charge in [0.2, 0.25) is 0 Å². The second-order valence-electron chi connectivity index (χ2n) is 4.88. The van der Waals surface area contributed by atoms with Crippen LogP contribution in [0.25, 0.3) is 0 Å². The first-order valence-corrected chi connectivity index (χ1v) is 7.52. The highest BCUT2D eigenvalue weighted by Gasteiger charge is 2.35. The number of rotatable bonds is 3. The fraction of sp³-hybridized carbons (Fsp3) is 0.909. The van der Waals surface area contributed by atoms with Gasteiger partial charge in [-0.3, -0.25) is 4.21 Å². The van der Waals surface area contributed by atoms with Crippen molar-refractivity contribution in [3.8, 4) is 0 Å². The van der Waals surface area contributed by atoms with E-state index in [0.29, 0.717) is 17.8 Å². The average Bonchev–Trinajstić information content (AvgIpc) is 2.45. The van der Waals surface area contributed by atoms with E-state index < -0.39 is 9.71 Å². The lowest BCUT2D eigenvalue weighted by molar-refractivity contribution is 0.312. The highest BCUT2D eigenvalue weighted by molar-refractivity contribution is 7.97. The molecule has 1 heterocycles. The van der Waals surface area contributed by atoms with E-state index in [0.717, 1.165) is 13.1 Å². The molecule has 3 heteroatoms. The van der Waals surface area contributed by atoms with Crippen LogP contribution < -0.4 is 0 Å². The van der Waals surface area contributed by atoms with Crippen LogP contribution in [0.15, 0.2) is 0 Å². The molecule has 1 aliphatic heterocycles. The lowest BCUT2D eigenvalue weighted by Crippen LogP contribution is -2.28. The molecule has 1 aliphatic rings. The molecular weight excluding hydrogens is 194 g/mol. The Morgan fingerprint density at radius 1 is 1.50 bits per heavy atom. The summed E-state index contributed by atoms with van der Waals surface area (Å²) >= 11 is 0. The second kappa shape index (κ2) is 4.23. The molecule has 0 aromatic heterocycles. The van der Waals surface area contributed by atoms with Gasteiger partial charge in [-0.25, -0.2) is 4.31 Å². The summed E-state index contributed by atoms with van der Waals surface area (Å²) < 4.78 is 13.9. The average molecular weight is 217 g/mol.